The molecule has 0 bridgehead atoms. The minimum atomic E-state index is -0.410. The number of aryl methyl sites for hydroxylation is 1. The molecule has 3 rings (SSSR count). The Kier molecular flexibility index (Phi) is 4.43. The Hall–Kier alpha value is -2.60. The Labute approximate surface area is 134 Å². The van der Waals surface area contributed by atoms with Crippen molar-refractivity contribution in [1.29, 1.82) is 0 Å². The summed E-state index contributed by atoms with van der Waals surface area (Å²) in [6.45, 7) is 4.66. The molecule has 1 fully saturated rings. The third-order valence-electron chi connectivity index (χ3n) is 3.81. The second kappa shape index (κ2) is 6.66. The highest BCUT2D eigenvalue weighted by Crippen LogP contribution is 2.26. The molecule has 0 aliphatic carbocycles. The normalized spacial score (nSPS) is 14.6. The number of benzene rings is 1. The largest absolute Gasteiger partial charge is 0.378 e. The molecule has 0 saturated carbocycles. The van der Waals surface area contributed by atoms with Crippen molar-refractivity contribution in [2.45, 2.75) is 6.92 Å². The van der Waals surface area contributed by atoms with Crippen molar-refractivity contribution >= 4 is 17.3 Å². The molecule has 1 aliphatic heterocycles. The van der Waals surface area contributed by atoms with Crippen molar-refractivity contribution in [2.24, 2.45) is 0 Å². The van der Waals surface area contributed by atoms with Crippen LogP contribution in [-0.2, 0) is 4.74 Å². The van der Waals surface area contributed by atoms with Gasteiger partial charge < -0.3 is 19.9 Å². The van der Waals surface area contributed by atoms with Crippen LogP contribution in [0.1, 0.15) is 16.1 Å². The number of morpholine rings is 1. The number of aromatic nitrogens is 1. The van der Waals surface area contributed by atoms with Gasteiger partial charge in [0.1, 0.15) is 5.56 Å². The average molecular weight is 313 g/mol. The molecule has 0 spiro atoms. The van der Waals surface area contributed by atoms with E-state index in [-0.39, 0.29) is 11.0 Å². The van der Waals surface area contributed by atoms with Crippen LogP contribution in [0.4, 0.5) is 11.4 Å². The number of H-pyrrole nitrogens is 1. The van der Waals surface area contributed by atoms with Gasteiger partial charge in [-0.3, -0.25) is 9.59 Å². The molecule has 1 aromatic carbocycles. The van der Waals surface area contributed by atoms with Crippen LogP contribution in [0.5, 0.6) is 0 Å². The summed E-state index contributed by atoms with van der Waals surface area (Å²) in [6.07, 6.45) is 1.45. The molecule has 6 nitrogen and oxygen atoms in total. The molecule has 1 aromatic heterocycles. The number of hydrogen-bond acceptors (Lipinski definition) is 4. The summed E-state index contributed by atoms with van der Waals surface area (Å²) in [4.78, 5) is 29.4. The number of carbonyl (C=O) groups excluding carboxylic acids is 1. The SMILES string of the molecule is Cc1cc(=O)c(C(=O)Nc2ccccc2N2CCOCC2)c[nH]1. The van der Waals surface area contributed by atoms with Gasteiger partial charge in [0.05, 0.1) is 24.6 Å². The number of aromatic amines is 1. The number of anilines is 2. The second-order valence-electron chi connectivity index (χ2n) is 5.46. The van der Waals surface area contributed by atoms with Gasteiger partial charge in [0, 0.05) is 31.0 Å². The fraction of sp³-hybridized carbons (Fsp3) is 0.294. The highest BCUT2D eigenvalue weighted by atomic mass is 16.5. The van der Waals surface area contributed by atoms with Gasteiger partial charge in [-0.1, -0.05) is 12.1 Å². The maximum atomic E-state index is 12.4. The predicted molar refractivity (Wildman–Crippen MR) is 89.2 cm³/mol. The number of rotatable bonds is 3. The van der Waals surface area contributed by atoms with Gasteiger partial charge in [-0.15, -0.1) is 0 Å². The number of carbonyl (C=O) groups is 1. The van der Waals surface area contributed by atoms with Crippen molar-refractivity contribution in [1.82, 2.24) is 4.98 Å². The Morgan fingerprint density at radius 2 is 2.00 bits per heavy atom. The van der Waals surface area contributed by atoms with E-state index in [0.29, 0.717) is 18.9 Å². The van der Waals surface area contributed by atoms with Crippen LogP contribution in [0.15, 0.2) is 41.3 Å². The summed E-state index contributed by atoms with van der Waals surface area (Å²) < 4.78 is 5.36. The molecule has 0 radical (unpaired) electrons. The third-order valence-corrected chi connectivity index (χ3v) is 3.81. The van der Waals surface area contributed by atoms with Gasteiger partial charge in [-0.05, 0) is 19.1 Å². The van der Waals surface area contributed by atoms with Crippen LogP contribution in [-0.4, -0.2) is 37.2 Å². The van der Waals surface area contributed by atoms with Gasteiger partial charge in [-0.25, -0.2) is 0 Å². The Bertz CT molecular complexity index is 764. The summed E-state index contributed by atoms with van der Waals surface area (Å²) in [5.41, 5.74) is 2.17. The lowest BCUT2D eigenvalue weighted by Crippen LogP contribution is -2.36. The quantitative estimate of drug-likeness (QED) is 0.906. The zero-order chi connectivity index (χ0) is 16.2. The lowest BCUT2D eigenvalue weighted by atomic mass is 10.2. The minimum absolute atomic E-state index is 0.104. The highest BCUT2D eigenvalue weighted by Gasteiger charge is 2.17. The summed E-state index contributed by atoms with van der Waals surface area (Å²) >= 11 is 0. The third kappa shape index (κ3) is 3.43. The fourth-order valence-electron chi connectivity index (χ4n) is 2.60. The van der Waals surface area contributed by atoms with Crippen molar-refractivity contribution in [3.63, 3.8) is 0 Å². The van der Waals surface area contributed by atoms with Gasteiger partial charge in [0.25, 0.3) is 5.91 Å². The van der Waals surface area contributed by atoms with E-state index in [1.54, 1.807) is 6.92 Å². The number of pyridine rings is 1. The fourth-order valence-corrected chi connectivity index (χ4v) is 2.60. The molecular formula is C17H19N3O3. The van der Waals surface area contributed by atoms with E-state index in [1.165, 1.54) is 12.3 Å². The monoisotopic (exact) mass is 313 g/mol. The first-order chi connectivity index (χ1) is 11.1. The van der Waals surface area contributed by atoms with Gasteiger partial charge >= 0.3 is 0 Å². The van der Waals surface area contributed by atoms with Crippen LogP contribution in [0, 0.1) is 6.92 Å². The van der Waals surface area contributed by atoms with Gasteiger partial charge in [0.2, 0.25) is 0 Å². The summed E-state index contributed by atoms with van der Waals surface area (Å²) in [6, 6.07) is 9.01. The Balaban J connectivity index is 1.85. The Morgan fingerprint density at radius 3 is 2.74 bits per heavy atom. The van der Waals surface area contributed by atoms with E-state index < -0.39 is 5.91 Å². The molecule has 1 amide bonds. The predicted octanol–water partition coefficient (Wildman–Crippen LogP) is 1.77. The molecule has 2 heterocycles. The molecule has 1 saturated heterocycles. The number of nitrogens with one attached hydrogen (secondary N) is 2. The van der Waals surface area contributed by atoms with Crippen molar-refractivity contribution in [3.8, 4) is 0 Å². The van der Waals surface area contributed by atoms with Crippen molar-refractivity contribution < 1.29 is 9.53 Å². The molecule has 2 N–H and O–H groups in total. The lowest BCUT2D eigenvalue weighted by Gasteiger charge is -2.30. The minimum Gasteiger partial charge on any atom is -0.378 e. The van der Waals surface area contributed by atoms with Crippen LogP contribution in [0.3, 0.4) is 0 Å². The second-order valence-corrected chi connectivity index (χ2v) is 5.46. The summed E-state index contributed by atoms with van der Waals surface area (Å²) in [5, 5.41) is 2.84. The molecule has 1 aliphatic rings. The molecule has 2 aromatic rings. The standard InChI is InChI=1S/C17H19N3O3/c1-12-10-16(21)13(11-18-12)17(22)19-14-4-2-3-5-15(14)20-6-8-23-9-7-20/h2-5,10-11H,6-9H2,1H3,(H,18,21)(H,19,22). The van der Waals surface area contributed by atoms with Crippen LogP contribution in [0.25, 0.3) is 0 Å². The van der Waals surface area contributed by atoms with E-state index in [2.05, 4.69) is 15.2 Å². The maximum Gasteiger partial charge on any atom is 0.261 e. The van der Waals surface area contributed by atoms with Crippen molar-refractivity contribution in [3.05, 3.63) is 58.0 Å². The lowest BCUT2D eigenvalue weighted by molar-refractivity contribution is 0.102. The molecule has 120 valence electrons. The number of nitrogens with zero attached hydrogens (tertiary/aromatic N) is 1. The zero-order valence-electron chi connectivity index (χ0n) is 13.0. The highest BCUT2D eigenvalue weighted by molar-refractivity contribution is 6.05. The summed E-state index contributed by atoms with van der Waals surface area (Å²) in [7, 11) is 0. The molecule has 0 unspecified atom stereocenters. The first kappa shape index (κ1) is 15.3. The zero-order valence-corrected chi connectivity index (χ0v) is 13.0. The van der Waals surface area contributed by atoms with Crippen LogP contribution >= 0.6 is 0 Å². The van der Waals surface area contributed by atoms with Crippen LogP contribution < -0.4 is 15.6 Å². The van der Waals surface area contributed by atoms with Crippen molar-refractivity contribution in [2.75, 3.05) is 36.5 Å². The number of ether oxygens (including phenoxy) is 1. The van der Waals surface area contributed by atoms with E-state index >= 15 is 0 Å². The molecular weight excluding hydrogens is 294 g/mol. The van der Waals surface area contributed by atoms with Gasteiger partial charge in [-0.2, -0.15) is 0 Å². The maximum absolute atomic E-state index is 12.4. The van der Waals surface area contributed by atoms with Gasteiger partial charge in [0.15, 0.2) is 5.43 Å². The molecule has 0 atom stereocenters. The molecule has 23 heavy (non-hydrogen) atoms. The molecule has 6 heteroatoms. The van der Waals surface area contributed by atoms with Crippen LogP contribution in [0.2, 0.25) is 0 Å². The van der Waals surface area contributed by atoms with E-state index in [1.807, 2.05) is 24.3 Å². The van der Waals surface area contributed by atoms with E-state index in [0.717, 1.165) is 24.5 Å². The number of amides is 1. The topological polar surface area (TPSA) is 74.4 Å². The Morgan fingerprint density at radius 1 is 1.26 bits per heavy atom. The van der Waals surface area contributed by atoms with E-state index in [4.69, 9.17) is 4.74 Å². The summed E-state index contributed by atoms with van der Waals surface area (Å²) in [5.74, 6) is -0.410. The number of hydrogen-bond donors (Lipinski definition) is 2. The smallest absolute Gasteiger partial charge is 0.261 e. The average Bonchev–Trinajstić information content (AvgIpc) is 2.56. The number of para-hydroxylation sites is 2. The first-order valence-corrected chi connectivity index (χ1v) is 7.57. The van der Waals surface area contributed by atoms with E-state index in [9.17, 15) is 9.59 Å². The first-order valence-electron chi connectivity index (χ1n) is 7.57.